The number of rotatable bonds is 4. The van der Waals surface area contributed by atoms with E-state index in [-0.39, 0.29) is 0 Å². The number of ether oxygens (including phenoxy) is 1. The van der Waals surface area contributed by atoms with Gasteiger partial charge in [0, 0.05) is 23.7 Å². The van der Waals surface area contributed by atoms with E-state index in [0.717, 1.165) is 23.1 Å². The van der Waals surface area contributed by atoms with Gasteiger partial charge in [0.05, 0.1) is 11.7 Å². The van der Waals surface area contributed by atoms with Crippen molar-refractivity contribution < 1.29 is 4.74 Å². The maximum Gasteiger partial charge on any atom is 0.219 e. The van der Waals surface area contributed by atoms with Gasteiger partial charge in [0.15, 0.2) is 0 Å². The molecule has 106 valence electrons. The third-order valence-electron chi connectivity index (χ3n) is 3.32. The Labute approximate surface area is 123 Å². The Morgan fingerprint density at radius 1 is 1.14 bits per heavy atom. The van der Waals surface area contributed by atoms with Crippen molar-refractivity contribution in [3.63, 3.8) is 0 Å². The Morgan fingerprint density at radius 3 is 2.81 bits per heavy atom. The van der Waals surface area contributed by atoms with Gasteiger partial charge in [0.2, 0.25) is 5.88 Å². The van der Waals surface area contributed by atoms with Gasteiger partial charge in [-0.15, -0.1) is 0 Å². The van der Waals surface area contributed by atoms with Crippen LogP contribution in [0.25, 0.3) is 10.9 Å². The Hall–Kier alpha value is -2.46. The Morgan fingerprint density at radius 2 is 2.00 bits per heavy atom. The lowest BCUT2D eigenvalue weighted by Crippen LogP contribution is -2.07. The average molecular weight is 279 g/mol. The standard InChI is InChI=1S/C17H17N3O/c1-12-14(10-18-2)7-8-17(20-12)21-15-9-13-5-3-4-6-16(13)19-11-15/h3-9,11,18H,10H2,1-2H3. The molecule has 4 heteroatoms. The van der Waals surface area contributed by atoms with Crippen molar-refractivity contribution in [3.8, 4) is 11.6 Å². The van der Waals surface area contributed by atoms with Gasteiger partial charge in [0.1, 0.15) is 5.75 Å². The highest BCUT2D eigenvalue weighted by Crippen LogP contribution is 2.23. The molecule has 1 aromatic carbocycles. The number of benzene rings is 1. The maximum atomic E-state index is 5.81. The van der Waals surface area contributed by atoms with E-state index in [0.29, 0.717) is 11.6 Å². The fourth-order valence-electron chi connectivity index (χ4n) is 2.23. The second-order valence-corrected chi connectivity index (χ2v) is 4.89. The van der Waals surface area contributed by atoms with Crippen molar-refractivity contribution in [1.82, 2.24) is 15.3 Å². The summed E-state index contributed by atoms with van der Waals surface area (Å²) in [5.41, 5.74) is 3.09. The third kappa shape index (κ3) is 3.01. The number of aryl methyl sites for hydroxylation is 1. The van der Waals surface area contributed by atoms with Crippen LogP contribution in [0.1, 0.15) is 11.3 Å². The molecule has 3 aromatic rings. The van der Waals surface area contributed by atoms with Gasteiger partial charge in [-0.2, -0.15) is 0 Å². The molecule has 0 amide bonds. The van der Waals surface area contributed by atoms with Crippen LogP contribution in [0.15, 0.2) is 48.7 Å². The molecule has 4 nitrogen and oxygen atoms in total. The largest absolute Gasteiger partial charge is 0.437 e. The zero-order valence-corrected chi connectivity index (χ0v) is 12.1. The van der Waals surface area contributed by atoms with Crippen molar-refractivity contribution in [3.05, 3.63) is 59.9 Å². The average Bonchev–Trinajstić information content (AvgIpc) is 2.50. The van der Waals surface area contributed by atoms with Crippen molar-refractivity contribution in [2.24, 2.45) is 0 Å². The molecular formula is C17H17N3O. The molecule has 21 heavy (non-hydrogen) atoms. The molecule has 0 aliphatic rings. The highest BCUT2D eigenvalue weighted by atomic mass is 16.5. The molecule has 3 rings (SSSR count). The second-order valence-electron chi connectivity index (χ2n) is 4.89. The second kappa shape index (κ2) is 5.89. The summed E-state index contributed by atoms with van der Waals surface area (Å²) >= 11 is 0. The monoisotopic (exact) mass is 279 g/mol. The molecule has 0 bridgehead atoms. The first-order chi connectivity index (χ1) is 10.3. The van der Waals surface area contributed by atoms with Gasteiger partial charge in [0.25, 0.3) is 0 Å². The van der Waals surface area contributed by atoms with Crippen LogP contribution in [-0.4, -0.2) is 17.0 Å². The molecule has 0 spiro atoms. The number of aromatic nitrogens is 2. The molecule has 0 fully saturated rings. The number of nitrogens with zero attached hydrogens (tertiary/aromatic N) is 2. The highest BCUT2D eigenvalue weighted by Gasteiger charge is 2.04. The van der Waals surface area contributed by atoms with Crippen LogP contribution >= 0.6 is 0 Å². The zero-order valence-electron chi connectivity index (χ0n) is 12.1. The van der Waals surface area contributed by atoms with Crippen molar-refractivity contribution >= 4 is 10.9 Å². The molecule has 0 saturated heterocycles. The van der Waals surface area contributed by atoms with Crippen LogP contribution in [0.3, 0.4) is 0 Å². The van der Waals surface area contributed by atoms with E-state index in [1.807, 2.05) is 56.4 Å². The lowest BCUT2D eigenvalue weighted by Gasteiger charge is -2.09. The van der Waals surface area contributed by atoms with Gasteiger partial charge in [-0.05, 0) is 31.7 Å². The molecule has 0 aliphatic heterocycles. The summed E-state index contributed by atoms with van der Waals surface area (Å²) < 4.78 is 5.81. The summed E-state index contributed by atoms with van der Waals surface area (Å²) in [6.07, 6.45) is 1.72. The van der Waals surface area contributed by atoms with Crippen LogP contribution in [0.2, 0.25) is 0 Å². The number of pyridine rings is 2. The van der Waals surface area contributed by atoms with Gasteiger partial charge in [-0.1, -0.05) is 24.3 Å². The van der Waals surface area contributed by atoms with Crippen molar-refractivity contribution in [1.29, 1.82) is 0 Å². The molecule has 0 aliphatic carbocycles. The molecule has 2 heterocycles. The third-order valence-corrected chi connectivity index (χ3v) is 3.32. The fourth-order valence-corrected chi connectivity index (χ4v) is 2.23. The number of nitrogens with one attached hydrogen (secondary N) is 1. The minimum atomic E-state index is 0.587. The molecule has 0 unspecified atom stereocenters. The van der Waals surface area contributed by atoms with Crippen LogP contribution in [0, 0.1) is 6.92 Å². The van der Waals surface area contributed by atoms with E-state index in [4.69, 9.17) is 4.74 Å². The van der Waals surface area contributed by atoms with E-state index in [9.17, 15) is 0 Å². The fraction of sp³-hybridized carbons (Fsp3) is 0.176. The summed E-state index contributed by atoms with van der Waals surface area (Å²) in [5.74, 6) is 1.28. The molecule has 0 radical (unpaired) electrons. The minimum absolute atomic E-state index is 0.587. The van der Waals surface area contributed by atoms with Gasteiger partial charge >= 0.3 is 0 Å². The molecule has 0 saturated carbocycles. The van der Waals surface area contributed by atoms with Crippen LogP contribution in [-0.2, 0) is 6.54 Å². The summed E-state index contributed by atoms with van der Waals surface area (Å²) in [4.78, 5) is 8.86. The van der Waals surface area contributed by atoms with E-state index in [1.165, 1.54) is 5.56 Å². The number of fused-ring (bicyclic) bond motifs is 1. The Balaban J connectivity index is 1.86. The minimum Gasteiger partial charge on any atom is -0.437 e. The Bertz CT molecular complexity index is 771. The van der Waals surface area contributed by atoms with E-state index >= 15 is 0 Å². The summed E-state index contributed by atoms with van der Waals surface area (Å²) in [6.45, 7) is 2.79. The van der Waals surface area contributed by atoms with E-state index in [1.54, 1.807) is 6.20 Å². The maximum absolute atomic E-state index is 5.81. The highest BCUT2D eigenvalue weighted by molar-refractivity contribution is 5.79. The first-order valence-electron chi connectivity index (χ1n) is 6.90. The van der Waals surface area contributed by atoms with Crippen molar-refractivity contribution in [2.75, 3.05) is 7.05 Å². The van der Waals surface area contributed by atoms with Crippen LogP contribution < -0.4 is 10.1 Å². The van der Waals surface area contributed by atoms with E-state index in [2.05, 4.69) is 15.3 Å². The van der Waals surface area contributed by atoms with Gasteiger partial charge in [-0.25, -0.2) is 4.98 Å². The SMILES string of the molecule is CNCc1ccc(Oc2cnc3ccccc3c2)nc1C. The smallest absolute Gasteiger partial charge is 0.219 e. The lowest BCUT2D eigenvalue weighted by atomic mass is 10.2. The van der Waals surface area contributed by atoms with Gasteiger partial charge < -0.3 is 10.1 Å². The first kappa shape index (κ1) is 13.5. The quantitative estimate of drug-likeness (QED) is 0.794. The van der Waals surface area contributed by atoms with Gasteiger partial charge in [-0.3, -0.25) is 4.98 Å². The summed E-state index contributed by atoms with van der Waals surface area (Å²) in [6, 6.07) is 13.8. The summed E-state index contributed by atoms with van der Waals surface area (Å²) in [5, 5.41) is 4.18. The number of para-hydroxylation sites is 1. The predicted molar refractivity (Wildman–Crippen MR) is 83.6 cm³/mol. The topological polar surface area (TPSA) is 47.0 Å². The molecule has 0 atom stereocenters. The normalized spacial score (nSPS) is 10.8. The molecular weight excluding hydrogens is 262 g/mol. The summed E-state index contributed by atoms with van der Waals surface area (Å²) in [7, 11) is 1.92. The van der Waals surface area contributed by atoms with Crippen LogP contribution in [0.5, 0.6) is 11.6 Å². The van der Waals surface area contributed by atoms with Crippen molar-refractivity contribution in [2.45, 2.75) is 13.5 Å². The molecule has 2 aromatic heterocycles. The van der Waals surface area contributed by atoms with E-state index < -0.39 is 0 Å². The lowest BCUT2D eigenvalue weighted by molar-refractivity contribution is 0.460. The predicted octanol–water partition coefficient (Wildman–Crippen LogP) is 3.45. The zero-order chi connectivity index (χ0) is 14.7. The number of hydrogen-bond acceptors (Lipinski definition) is 4. The number of hydrogen-bond donors (Lipinski definition) is 1. The first-order valence-corrected chi connectivity index (χ1v) is 6.90. The molecule has 1 N–H and O–H groups in total. The van der Waals surface area contributed by atoms with Crippen LogP contribution in [0.4, 0.5) is 0 Å². The Kier molecular flexibility index (Phi) is 3.79.